The minimum atomic E-state index is -1.34. The Kier molecular flexibility index (Phi) is 6.72. The van der Waals surface area contributed by atoms with Crippen LogP contribution < -0.4 is 0 Å². The molecule has 2 heteroatoms. The summed E-state index contributed by atoms with van der Waals surface area (Å²) in [5.41, 5.74) is 2.95. The molecule has 1 fully saturated rings. The predicted molar refractivity (Wildman–Crippen MR) is 117 cm³/mol. The number of ketones is 1. The SMILES string of the molecule is CCCC1CCCC(c2ccc(-c3ccc(C(=O)C(C)(C)O)cc3)cc2)CC1. The van der Waals surface area contributed by atoms with Crippen LogP contribution in [0.2, 0.25) is 0 Å². The lowest BCUT2D eigenvalue weighted by molar-refractivity contribution is 0.0488. The molecule has 0 saturated heterocycles. The summed E-state index contributed by atoms with van der Waals surface area (Å²) in [6.07, 6.45) is 9.45. The lowest BCUT2D eigenvalue weighted by atomic mass is 9.89. The predicted octanol–water partition coefficient (Wildman–Crippen LogP) is 6.77. The Morgan fingerprint density at radius 2 is 1.54 bits per heavy atom. The first kappa shape index (κ1) is 20.8. The fourth-order valence-electron chi connectivity index (χ4n) is 4.52. The Balaban J connectivity index is 1.68. The molecule has 150 valence electrons. The summed E-state index contributed by atoms with van der Waals surface area (Å²) in [7, 11) is 0. The maximum Gasteiger partial charge on any atom is 0.193 e. The summed E-state index contributed by atoms with van der Waals surface area (Å²) in [6.45, 7) is 5.36. The van der Waals surface area contributed by atoms with Crippen molar-refractivity contribution in [2.45, 2.75) is 77.2 Å². The second-order valence-corrected chi connectivity index (χ2v) is 8.95. The number of benzene rings is 2. The third kappa shape index (κ3) is 5.11. The summed E-state index contributed by atoms with van der Waals surface area (Å²) in [4.78, 5) is 12.2. The van der Waals surface area contributed by atoms with Crippen molar-refractivity contribution in [3.8, 4) is 11.1 Å². The smallest absolute Gasteiger partial charge is 0.193 e. The number of carbonyl (C=O) groups excluding carboxylic acids is 1. The number of Topliss-reactive ketones (excluding diaryl/α,β-unsaturated/α-hetero) is 1. The molecular formula is C26H34O2. The van der Waals surface area contributed by atoms with Crippen molar-refractivity contribution in [1.29, 1.82) is 0 Å². The lowest BCUT2D eigenvalue weighted by Gasteiger charge is -2.17. The van der Waals surface area contributed by atoms with E-state index in [9.17, 15) is 9.90 Å². The third-order valence-electron chi connectivity index (χ3n) is 6.20. The molecule has 2 aromatic carbocycles. The van der Waals surface area contributed by atoms with E-state index >= 15 is 0 Å². The van der Waals surface area contributed by atoms with E-state index in [0.717, 1.165) is 11.5 Å². The highest BCUT2D eigenvalue weighted by atomic mass is 16.3. The zero-order valence-corrected chi connectivity index (χ0v) is 17.6. The fourth-order valence-corrected chi connectivity index (χ4v) is 4.52. The van der Waals surface area contributed by atoms with Crippen molar-refractivity contribution in [2.75, 3.05) is 0 Å². The van der Waals surface area contributed by atoms with Crippen LogP contribution in [0.4, 0.5) is 0 Å². The maximum absolute atomic E-state index is 12.2. The van der Waals surface area contributed by atoms with Gasteiger partial charge in [0.25, 0.3) is 0 Å². The summed E-state index contributed by atoms with van der Waals surface area (Å²) in [5, 5.41) is 9.90. The van der Waals surface area contributed by atoms with Gasteiger partial charge in [-0.15, -0.1) is 0 Å². The standard InChI is InChI=1S/C26H34O2/c1-4-6-19-7-5-8-20(10-9-19)21-11-13-22(14-12-21)23-15-17-24(18-16-23)25(27)26(2,3)28/h11-20,28H,4-10H2,1-3H3. The third-order valence-corrected chi connectivity index (χ3v) is 6.20. The molecule has 1 saturated carbocycles. The van der Waals surface area contributed by atoms with Crippen LogP contribution in [0, 0.1) is 5.92 Å². The Morgan fingerprint density at radius 1 is 0.929 bits per heavy atom. The van der Waals surface area contributed by atoms with Gasteiger partial charge in [-0.3, -0.25) is 4.79 Å². The van der Waals surface area contributed by atoms with Crippen molar-refractivity contribution < 1.29 is 9.90 Å². The average molecular weight is 379 g/mol. The van der Waals surface area contributed by atoms with E-state index in [1.165, 1.54) is 69.9 Å². The van der Waals surface area contributed by atoms with Gasteiger partial charge in [-0.05, 0) is 61.6 Å². The second-order valence-electron chi connectivity index (χ2n) is 8.95. The molecule has 2 nitrogen and oxygen atoms in total. The molecule has 2 atom stereocenters. The van der Waals surface area contributed by atoms with Crippen molar-refractivity contribution in [2.24, 2.45) is 5.92 Å². The van der Waals surface area contributed by atoms with Gasteiger partial charge in [-0.1, -0.05) is 81.1 Å². The summed E-state index contributed by atoms with van der Waals surface area (Å²) < 4.78 is 0. The largest absolute Gasteiger partial charge is 0.382 e. The van der Waals surface area contributed by atoms with Crippen LogP contribution in [0.25, 0.3) is 11.1 Å². The van der Waals surface area contributed by atoms with Gasteiger partial charge in [-0.25, -0.2) is 0 Å². The highest BCUT2D eigenvalue weighted by Gasteiger charge is 2.25. The quantitative estimate of drug-likeness (QED) is 0.445. The lowest BCUT2D eigenvalue weighted by Crippen LogP contribution is -2.30. The number of hydrogen-bond donors (Lipinski definition) is 1. The molecule has 28 heavy (non-hydrogen) atoms. The summed E-state index contributed by atoms with van der Waals surface area (Å²) in [5.74, 6) is 1.38. The molecule has 3 rings (SSSR count). The van der Waals surface area contributed by atoms with Gasteiger partial charge in [0.1, 0.15) is 5.60 Å². The van der Waals surface area contributed by atoms with Gasteiger partial charge in [-0.2, -0.15) is 0 Å². The molecule has 0 spiro atoms. The second kappa shape index (κ2) is 9.05. The van der Waals surface area contributed by atoms with Crippen LogP contribution in [0.1, 0.15) is 87.6 Å². The van der Waals surface area contributed by atoms with E-state index in [2.05, 4.69) is 31.2 Å². The molecule has 1 N–H and O–H groups in total. The topological polar surface area (TPSA) is 37.3 Å². The zero-order valence-electron chi connectivity index (χ0n) is 17.6. The zero-order chi connectivity index (χ0) is 20.1. The van der Waals surface area contributed by atoms with Crippen LogP contribution in [-0.2, 0) is 0 Å². The van der Waals surface area contributed by atoms with Gasteiger partial charge >= 0.3 is 0 Å². The molecule has 0 radical (unpaired) electrons. The maximum atomic E-state index is 12.2. The van der Waals surface area contributed by atoms with E-state index in [-0.39, 0.29) is 5.78 Å². The highest BCUT2D eigenvalue weighted by Crippen LogP contribution is 2.36. The Morgan fingerprint density at radius 3 is 2.11 bits per heavy atom. The first-order valence-electron chi connectivity index (χ1n) is 10.9. The van der Waals surface area contributed by atoms with Gasteiger partial charge in [0.15, 0.2) is 5.78 Å². The molecule has 0 amide bonds. The highest BCUT2D eigenvalue weighted by molar-refractivity contribution is 6.02. The van der Waals surface area contributed by atoms with Gasteiger partial charge in [0.2, 0.25) is 0 Å². The molecule has 1 aliphatic rings. The molecule has 0 bridgehead atoms. The first-order chi connectivity index (χ1) is 13.4. The van der Waals surface area contributed by atoms with Gasteiger partial charge in [0.05, 0.1) is 0 Å². The van der Waals surface area contributed by atoms with Crippen LogP contribution in [0.15, 0.2) is 48.5 Å². The molecule has 0 heterocycles. The van der Waals surface area contributed by atoms with Crippen molar-refractivity contribution >= 4 is 5.78 Å². The minimum Gasteiger partial charge on any atom is -0.382 e. The van der Waals surface area contributed by atoms with Gasteiger partial charge < -0.3 is 5.11 Å². The van der Waals surface area contributed by atoms with E-state index in [0.29, 0.717) is 11.5 Å². The molecule has 1 aliphatic carbocycles. The normalized spacial score (nSPS) is 20.6. The first-order valence-corrected chi connectivity index (χ1v) is 10.9. The number of hydrogen-bond acceptors (Lipinski definition) is 2. The number of rotatable bonds is 6. The molecule has 2 unspecified atom stereocenters. The molecular weight excluding hydrogens is 344 g/mol. The van der Waals surface area contributed by atoms with Crippen LogP contribution in [0.5, 0.6) is 0 Å². The Labute approximate surface area is 170 Å². The minimum absolute atomic E-state index is 0.246. The van der Waals surface area contributed by atoms with E-state index < -0.39 is 5.60 Å². The molecule has 2 aromatic rings. The van der Waals surface area contributed by atoms with Crippen molar-refractivity contribution in [3.05, 3.63) is 59.7 Å². The van der Waals surface area contributed by atoms with Crippen LogP contribution in [0.3, 0.4) is 0 Å². The molecule has 0 aliphatic heterocycles. The van der Waals surface area contributed by atoms with Crippen molar-refractivity contribution in [1.82, 2.24) is 0 Å². The fraction of sp³-hybridized carbons (Fsp3) is 0.500. The monoisotopic (exact) mass is 378 g/mol. The van der Waals surface area contributed by atoms with E-state index in [4.69, 9.17) is 0 Å². The van der Waals surface area contributed by atoms with Gasteiger partial charge in [0, 0.05) is 5.56 Å². The Bertz CT molecular complexity index is 766. The Hall–Kier alpha value is -1.93. The van der Waals surface area contributed by atoms with E-state index in [1.807, 2.05) is 24.3 Å². The number of carbonyl (C=O) groups is 1. The van der Waals surface area contributed by atoms with E-state index in [1.54, 1.807) is 0 Å². The summed E-state index contributed by atoms with van der Waals surface area (Å²) in [6, 6.07) is 16.5. The van der Waals surface area contributed by atoms with Crippen LogP contribution in [-0.4, -0.2) is 16.5 Å². The summed E-state index contributed by atoms with van der Waals surface area (Å²) >= 11 is 0. The molecule has 0 aromatic heterocycles. The van der Waals surface area contributed by atoms with Crippen molar-refractivity contribution in [3.63, 3.8) is 0 Å². The number of aliphatic hydroxyl groups is 1. The average Bonchev–Trinajstić information content (AvgIpc) is 2.93. The van der Waals surface area contributed by atoms with Crippen LogP contribution >= 0.6 is 0 Å².